The van der Waals surface area contributed by atoms with Crippen molar-refractivity contribution in [2.24, 2.45) is 0 Å². The fourth-order valence-corrected chi connectivity index (χ4v) is 4.35. The molecule has 1 fully saturated rings. The fraction of sp³-hybridized carbons (Fsp3) is 0.500. The first-order valence-corrected chi connectivity index (χ1v) is 8.93. The topological polar surface area (TPSA) is 64.4 Å². The molecule has 1 aromatic rings. The lowest BCUT2D eigenvalue weighted by atomic mass is 10.0. The first-order chi connectivity index (χ1) is 9.77. The van der Waals surface area contributed by atoms with Gasteiger partial charge in [0.2, 0.25) is 10.0 Å². The molecule has 114 valence electrons. The van der Waals surface area contributed by atoms with E-state index < -0.39 is 15.6 Å². The normalized spacial score (nSPS) is 18.4. The van der Waals surface area contributed by atoms with E-state index >= 15 is 0 Å². The SMILES string of the molecule is CC(C)(C#N)N1CCN(S(=O)(=O)c2cccc(Br)c2)CC1. The van der Waals surface area contributed by atoms with Crippen molar-refractivity contribution in [3.63, 3.8) is 0 Å². The summed E-state index contributed by atoms with van der Waals surface area (Å²) in [7, 11) is -3.47. The average Bonchev–Trinajstić information content (AvgIpc) is 2.47. The predicted octanol–water partition coefficient (Wildman–Crippen LogP) is 2.06. The first-order valence-electron chi connectivity index (χ1n) is 6.69. The Hall–Kier alpha value is -0.940. The van der Waals surface area contributed by atoms with Crippen LogP contribution in [0, 0.1) is 11.3 Å². The van der Waals surface area contributed by atoms with Crippen LogP contribution < -0.4 is 0 Å². The standard InChI is InChI=1S/C14H18BrN3O2S/c1-14(2,11-16)17-6-8-18(9-7-17)21(19,20)13-5-3-4-12(15)10-13/h3-5,10H,6-9H2,1-2H3. The molecule has 7 heteroatoms. The van der Waals surface area contributed by atoms with Gasteiger partial charge >= 0.3 is 0 Å². The van der Waals surface area contributed by atoms with Crippen LogP contribution in [0.3, 0.4) is 0 Å². The van der Waals surface area contributed by atoms with Gasteiger partial charge in [0.05, 0.1) is 11.0 Å². The molecule has 0 aliphatic carbocycles. The van der Waals surface area contributed by atoms with Gasteiger partial charge in [-0.25, -0.2) is 8.42 Å². The fourth-order valence-electron chi connectivity index (χ4n) is 2.33. The highest BCUT2D eigenvalue weighted by Gasteiger charge is 2.34. The molecule has 1 aliphatic rings. The molecule has 0 aromatic heterocycles. The van der Waals surface area contributed by atoms with Gasteiger partial charge in [0.15, 0.2) is 0 Å². The molecule has 0 atom stereocenters. The summed E-state index contributed by atoms with van der Waals surface area (Å²) in [6.45, 7) is 5.64. The third kappa shape index (κ3) is 3.46. The van der Waals surface area contributed by atoms with Gasteiger partial charge in [0.1, 0.15) is 5.54 Å². The van der Waals surface area contributed by atoms with Gasteiger partial charge in [0.25, 0.3) is 0 Å². The van der Waals surface area contributed by atoms with Crippen LogP contribution >= 0.6 is 15.9 Å². The maximum atomic E-state index is 12.6. The molecule has 1 heterocycles. The van der Waals surface area contributed by atoms with Crippen molar-refractivity contribution in [2.75, 3.05) is 26.2 Å². The molecule has 0 saturated carbocycles. The van der Waals surface area contributed by atoms with E-state index in [0.717, 1.165) is 4.47 Å². The van der Waals surface area contributed by atoms with Gasteiger partial charge in [-0.1, -0.05) is 22.0 Å². The third-order valence-corrected chi connectivity index (χ3v) is 6.12. The van der Waals surface area contributed by atoms with Gasteiger partial charge in [-0.15, -0.1) is 0 Å². The number of nitriles is 1. The highest BCUT2D eigenvalue weighted by molar-refractivity contribution is 9.10. The molecule has 0 N–H and O–H groups in total. The van der Waals surface area contributed by atoms with E-state index in [-0.39, 0.29) is 0 Å². The molecular weight excluding hydrogens is 354 g/mol. The second kappa shape index (κ2) is 6.05. The van der Waals surface area contributed by atoms with Gasteiger partial charge in [-0.05, 0) is 32.0 Å². The number of rotatable bonds is 3. The van der Waals surface area contributed by atoms with Gasteiger partial charge in [-0.2, -0.15) is 9.57 Å². The van der Waals surface area contributed by atoms with Crippen molar-refractivity contribution < 1.29 is 8.42 Å². The molecule has 0 amide bonds. The predicted molar refractivity (Wildman–Crippen MR) is 84.2 cm³/mol. The smallest absolute Gasteiger partial charge is 0.243 e. The van der Waals surface area contributed by atoms with Crippen LogP contribution in [-0.2, 0) is 10.0 Å². The van der Waals surface area contributed by atoms with Crippen LogP contribution in [0.2, 0.25) is 0 Å². The van der Waals surface area contributed by atoms with Crippen molar-refractivity contribution in [3.05, 3.63) is 28.7 Å². The lowest BCUT2D eigenvalue weighted by Crippen LogP contribution is -2.55. The lowest BCUT2D eigenvalue weighted by Gasteiger charge is -2.39. The first kappa shape index (κ1) is 16.4. The molecule has 0 radical (unpaired) electrons. The second-order valence-corrected chi connectivity index (χ2v) is 8.37. The lowest BCUT2D eigenvalue weighted by molar-refractivity contribution is 0.115. The van der Waals surface area contributed by atoms with E-state index in [1.807, 2.05) is 18.7 Å². The molecule has 1 saturated heterocycles. The quantitative estimate of drug-likeness (QED) is 0.815. The Morgan fingerprint density at radius 3 is 2.38 bits per heavy atom. The van der Waals surface area contributed by atoms with Crippen molar-refractivity contribution in [3.8, 4) is 6.07 Å². The molecule has 1 aromatic carbocycles. The van der Waals surface area contributed by atoms with E-state index in [9.17, 15) is 8.42 Å². The minimum absolute atomic E-state index is 0.296. The number of hydrogen-bond acceptors (Lipinski definition) is 4. The molecule has 0 bridgehead atoms. The van der Waals surface area contributed by atoms with Crippen LogP contribution in [0.5, 0.6) is 0 Å². The molecule has 5 nitrogen and oxygen atoms in total. The molecule has 21 heavy (non-hydrogen) atoms. The van der Waals surface area contributed by atoms with Crippen LogP contribution in [0.15, 0.2) is 33.6 Å². The molecule has 1 aliphatic heterocycles. The van der Waals surface area contributed by atoms with Gasteiger partial charge in [0, 0.05) is 30.7 Å². The maximum Gasteiger partial charge on any atom is 0.243 e. The van der Waals surface area contributed by atoms with E-state index in [2.05, 4.69) is 22.0 Å². The number of benzene rings is 1. The molecule has 0 spiro atoms. The van der Waals surface area contributed by atoms with Crippen molar-refractivity contribution in [2.45, 2.75) is 24.3 Å². The monoisotopic (exact) mass is 371 g/mol. The van der Waals surface area contributed by atoms with Crippen LogP contribution in [0.4, 0.5) is 0 Å². The van der Waals surface area contributed by atoms with Crippen molar-refractivity contribution >= 4 is 26.0 Å². The molecule has 2 rings (SSSR count). The summed E-state index contributed by atoms with van der Waals surface area (Å²) in [6, 6.07) is 8.98. The minimum atomic E-state index is -3.47. The summed E-state index contributed by atoms with van der Waals surface area (Å²) in [5, 5.41) is 9.15. The Bertz CT molecular complexity index is 659. The van der Waals surface area contributed by atoms with Crippen LogP contribution in [0.1, 0.15) is 13.8 Å². The zero-order chi connectivity index (χ0) is 15.7. The zero-order valence-electron chi connectivity index (χ0n) is 12.1. The average molecular weight is 372 g/mol. The largest absolute Gasteiger partial charge is 0.283 e. The van der Waals surface area contributed by atoms with Gasteiger partial charge in [-0.3, -0.25) is 4.90 Å². The number of halogens is 1. The van der Waals surface area contributed by atoms with Crippen LogP contribution in [0.25, 0.3) is 0 Å². The summed E-state index contributed by atoms with van der Waals surface area (Å²) >= 11 is 3.30. The minimum Gasteiger partial charge on any atom is -0.283 e. The Morgan fingerprint density at radius 1 is 1.24 bits per heavy atom. The molecular formula is C14H18BrN3O2S. The number of hydrogen-bond donors (Lipinski definition) is 0. The number of piperazine rings is 1. The highest BCUT2D eigenvalue weighted by atomic mass is 79.9. The van der Waals surface area contributed by atoms with E-state index in [4.69, 9.17) is 5.26 Å². The van der Waals surface area contributed by atoms with Crippen molar-refractivity contribution in [1.82, 2.24) is 9.21 Å². The van der Waals surface area contributed by atoms with Crippen LogP contribution in [-0.4, -0.2) is 49.3 Å². The summed E-state index contributed by atoms with van der Waals surface area (Å²) in [5.74, 6) is 0. The van der Waals surface area contributed by atoms with E-state index in [1.165, 1.54) is 4.31 Å². The van der Waals surface area contributed by atoms with Gasteiger partial charge < -0.3 is 0 Å². The second-order valence-electron chi connectivity index (χ2n) is 5.52. The Labute approximate surface area is 134 Å². The summed E-state index contributed by atoms with van der Waals surface area (Å²) in [4.78, 5) is 2.31. The number of sulfonamides is 1. The Balaban J connectivity index is 2.14. The molecule has 0 unspecified atom stereocenters. The zero-order valence-corrected chi connectivity index (χ0v) is 14.5. The number of nitrogens with zero attached hydrogens (tertiary/aromatic N) is 3. The van der Waals surface area contributed by atoms with E-state index in [1.54, 1.807) is 24.3 Å². The Kier molecular flexibility index (Phi) is 4.73. The highest BCUT2D eigenvalue weighted by Crippen LogP contribution is 2.23. The Morgan fingerprint density at radius 2 is 1.86 bits per heavy atom. The third-order valence-electron chi connectivity index (χ3n) is 3.74. The summed E-state index contributed by atoms with van der Waals surface area (Å²) in [5.41, 5.74) is -0.564. The summed E-state index contributed by atoms with van der Waals surface area (Å²) < 4.78 is 27.4. The van der Waals surface area contributed by atoms with E-state index in [0.29, 0.717) is 31.1 Å². The maximum absolute atomic E-state index is 12.6. The van der Waals surface area contributed by atoms with Crippen molar-refractivity contribution in [1.29, 1.82) is 5.26 Å². The summed E-state index contributed by atoms with van der Waals surface area (Å²) in [6.07, 6.45) is 0.